The Morgan fingerprint density at radius 1 is 1.21 bits per heavy atom. The van der Waals surface area contributed by atoms with Gasteiger partial charge in [-0.15, -0.1) is 0 Å². The zero-order valence-electron chi connectivity index (χ0n) is 10.8. The van der Waals surface area contributed by atoms with Crippen LogP contribution in [0.15, 0.2) is 48.6 Å². The van der Waals surface area contributed by atoms with Crippen LogP contribution in [0.5, 0.6) is 5.75 Å². The lowest BCUT2D eigenvalue weighted by molar-refractivity contribution is -0.130. The van der Waals surface area contributed by atoms with E-state index in [1.54, 1.807) is 12.1 Å². The van der Waals surface area contributed by atoms with Gasteiger partial charge in [-0.05, 0) is 23.4 Å². The number of esters is 1. The lowest BCUT2D eigenvalue weighted by Crippen LogP contribution is -2.10. The summed E-state index contributed by atoms with van der Waals surface area (Å²) in [6, 6.07) is 11.0. The molecule has 0 aliphatic carbocycles. The minimum absolute atomic E-state index is 0.0452. The van der Waals surface area contributed by atoms with Gasteiger partial charge in [0.05, 0.1) is 6.61 Å². The van der Waals surface area contributed by atoms with Crippen molar-refractivity contribution in [2.75, 3.05) is 0 Å². The maximum atomic E-state index is 11.8. The molecule has 0 bridgehead atoms. The van der Waals surface area contributed by atoms with Gasteiger partial charge in [-0.25, -0.2) is 4.79 Å². The highest BCUT2D eigenvalue weighted by molar-refractivity contribution is 5.95. The predicted molar refractivity (Wildman–Crippen MR) is 74.9 cm³/mol. The quantitative estimate of drug-likeness (QED) is 0.519. The SMILES string of the molecule is C=C(CC)C(=O)Oc1ccc(CO)c2ccccc12. The number of carbonyl (C=O) groups excluding carboxylic acids is 1. The molecule has 2 aromatic rings. The van der Waals surface area contributed by atoms with E-state index < -0.39 is 5.97 Å². The molecule has 0 fully saturated rings. The van der Waals surface area contributed by atoms with Crippen molar-refractivity contribution < 1.29 is 14.6 Å². The molecule has 2 rings (SSSR count). The average molecular weight is 256 g/mol. The zero-order valence-corrected chi connectivity index (χ0v) is 10.8. The Bertz CT molecular complexity index is 629. The molecule has 0 unspecified atom stereocenters. The molecule has 2 aromatic carbocycles. The van der Waals surface area contributed by atoms with Gasteiger partial charge >= 0.3 is 5.97 Å². The van der Waals surface area contributed by atoms with Crippen LogP contribution in [-0.4, -0.2) is 11.1 Å². The van der Waals surface area contributed by atoms with Crippen molar-refractivity contribution in [3.05, 3.63) is 54.1 Å². The van der Waals surface area contributed by atoms with E-state index >= 15 is 0 Å². The van der Waals surface area contributed by atoms with Crippen LogP contribution in [0.2, 0.25) is 0 Å². The van der Waals surface area contributed by atoms with Crippen molar-refractivity contribution in [3.8, 4) is 5.75 Å². The molecule has 0 amide bonds. The highest BCUT2D eigenvalue weighted by Crippen LogP contribution is 2.29. The van der Waals surface area contributed by atoms with Gasteiger partial charge in [0.1, 0.15) is 5.75 Å². The van der Waals surface area contributed by atoms with Crippen LogP contribution in [0.4, 0.5) is 0 Å². The van der Waals surface area contributed by atoms with Crippen molar-refractivity contribution in [2.24, 2.45) is 0 Å². The van der Waals surface area contributed by atoms with Crippen LogP contribution in [0.25, 0.3) is 10.8 Å². The Kier molecular flexibility index (Phi) is 3.97. The second-order valence-electron chi connectivity index (χ2n) is 4.27. The molecule has 0 saturated heterocycles. The van der Waals surface area contributed by atoms with Gasteiger partial charge in [0, 0.05) is 11.0 Å². The van der Waals surface area contributed by atoms with Crippen LogP contribution in [0.3, 0.4) is 0 Å². The van der Waals surface area contributed by atoms with E-state index in [1.165, 1.54) is 0 Å². The standard InChI is InChI=1S/C16H16O3/c1-3-11(2)16(18)19-15-9-8-12(10-17)13-6-4-5-7-14(13)15/h4-9,17H,2-3,10H2,1H3. The van der Waals surface area contributed by atoms with Crippen LogP contribution >= 0.6 is 0 Å². The molecule has 19 heavy (non-hydrogen) atoms. The molecule has 98 valence electrons. The third kappa shape index (κ3) is 2.66. The summed E-state index contributed by atoms with van der Waals surface area (Å²) in [6.45, 7) is 5.48. The van der Waals surface area contributed by atoms with E-state index in [0.29, 0.717) is 17.7 Å². The first-order valence-corrected chi connectivity index (χ1v) is 6.18. The molecule has 0 heterocycles. The van der Waals surface area contributed by atoms with Gasteiger partial charge in [-0.2, -0.15) is 0 Å². The molecule has 0 aliphatic heterocycles. The maximum absolute atomic E-state index is 11.8. The number of rotatable bonds is 4. The van der Waals surface area contributed by atoms with Gasteiger partial charge in [-0.3, -0.25) is 0 Å². The molecular formula is C16H16O3. The van der Waals surface area contributed by atoms with Crippen LogP contribution in [-0.2, 0) is 11.4 Å². The lowest BCUT2D eigenvalue weighted by Gasteiger charge is -2.10. The fourth-order valence-corrected chi connectivity index (χ4v) is 1.88. The lowest BCUT2D eigenvalue weighted by atomic mass is 10.0. The van der Waals surface area contributed by atoms with E-state index in [2.05, 4.69) is 6.58 Å². The van der Waals surface area contributed by atoms with Crippen LogP contribution in [0.1, 0.15) is 18.9 Å². The monoisotopic (exact) mass is 256 g/mol. The number of fused-ring (bicyclic) bond motifs is 1. The largest absolute Gasteiger partial charge is 0.423 e. The molecular weight excluding hydrogens is 240 g/mol. The van der Waals surface area contributed by atoms with Crippen LogP contribution in [0, 0.1) is 0 Å². The van der Waals surface area contributed by atoms with Crippen molar-refractivity contribution in [1.29, 1.82) is 0 Å². The summed E-state index contributed by atoms with van der Waals surface area (Å²) < 4.78 is 5.36. The number of carbonyl (C=O) groups is 1. The molecule has 0 saturated carbocycles. The number of hydrogen-bond donors (Lipinski definition) is 1. The normalized spacial score (nSPS) is 10.4. The summed E-state index contributed by atoms with van der Waals surface area (Å²) in [6.07, 6.45) is 0.561. The molecule has 0 atom stereocenters. The third-order valence-corrected chi connectivity index (χ3v) is 3.06. The van der Waals surface area contributed by atoms with E-state index in [-0.39, 0.29) is 6.61 Å². The molecule has 0 aliphatic rings. The summed E-state index contributed by atoms with van der Waals surface area (Å²) in [5.74, 6) is 0.0804. The highest BCUT2D eigenvalue weighted by atomic mass is 16.5. The predicted octanol–water partition coefficient (Wildman–Crippen LogP) is 3.20. The van der Waals surface area contributed by atoms with E-state index in [0.717, 1.165) is 16.3 Å². The minimum atomic E-state index is -0.413. The van der Waals surface area contributed by atoms with E-state index in [9.17, 15) is 9.90 Å². The Morgan fingerprint density at radius 2 is 1.89 bits per heavy atom. The second kappa shape index (κ2) is 5.67. The Balaban J connectivity index is 2.45. The van der Waals surface area contributed by atoms with Crippen molar-refractivity contribution >= 4 is 16.7 Å². The highest BCUT2D eigenvalue weighted by Gasteiger charge is 2.11. The summed E-state index contributed by atoms with van der Waals surface area (Å²) in [7, 11) is 0. The fourth-order valence-electron chi connectivity index (χ4n) is 1.88. The second-order valence-corrected chi connectivity index (χ2v) is 4.27. The smallest absolute Gasteiger partial charge is 0.338 e. The summed E-state index contributed by atoms with van der Waals surface area (Å²) in [5, 5.41) is 11.0. The fraction of sp³-hybridized carbons (Fsp3) is 0.188. The Morgan fingerprint density at radius 3 is 2.53 bits per heavy atom. The molecule has 3 nitrogen and oxygen atoms in total. The number of aliphatic hydroxyl groups excluding tert-OH is 1. The zero-order chi connectivity index (χ0) is 13.8. The third-order valence-electron chi connectivity index (χ3n) is 3.06. The first-order valence-electron chi connectivity index (χ1n) is 6.18. The molecule has 0 radical (unpaired) electrons. The number of benzene rings is 2. The van der Waals surface area contributed by atoms with E-state index in [4.69, 9.17) is 4.74 Å². The molecule has 3 heteroatoms. The molecule has 1 N–H and O–H groups in total. The summed E-state index contributed by atoms with van der Waals surface area (Å²) in [4.78, 5) is 11.8. The van der Waals surface area contributed by atoms with Gasteiger partial charge < -0.3 is 9.84 Å². The molecule has 0 spiro atoms. The van der Waals surface area contributed by atoms with Crippen LogP contribution < -0.4 is 4.74 Å². The van der Waals surface area contributed by atoms with Crippen molar-refractivity contribution in [1.82, 2.24) is 0 Å². The first-order chi connectivity index (χ1) is 9.17. The van der Waals surface area contributed by atoms with Gasteiger partial charge in [0.15, 0.2) is 0 Å². The topological polar surface area (TPSA) is 46.5 Å². The van der Waals surface area contributed by atoms with Gasteiger partial charge in [0.2, 0.25) is 0 Å². The van der Waals surface area contributed by atoms with E-state index in [1.807, 2.05) is 31.2 Å². The molecule has 0 aromatic heterocycles. The first kappa shape index (κ1) is 13.3. The van der Waals surface area contributed by atoms with Crippen molar-refractivity contribution in [3.63, 3.8) is 0 Å². The average Bonchev–Trinajstić information content (AvgIpc) is 2.46. The summed E-state index contributed by atoms with van der Waals surface area (Å²) >= 11 is 0. The summed E-state index contributed by atoms with van der Waals surface area (Å²) in [5.41, 5.74) is 1.25. The van der Waals surface area contributed by atoms with Gasteiger partial charge in [-0.1, -0.05) is 43.8 Å². The number of ether oxygens (including phenoxy) is 1. The van der Waals surface area contributed by atoms with Gasteiger partial charge in [0.25, 0.3) is 0 Å². The van der Waals surface area contributed by atoms with Crippen molar-refractivity contribution in [2.45, 2.75) is 20.0 Å². The number of hydrogen-bond acceptors (Lipinski definition) is 3. The minimum Gasteiger partial charge on any atom is -0.423 e. The number of aliphatic hydroxyl groups is 1. The Hall–Kier alpha value is -2.13. The Labute approximate surface area is 112 Å². The maximum Gasteiger partial charge on any atom is 0.338 e.